The molecule has 0 spiro atoms. The van der Waals surface area contributed by atoms with Crippen molar-refractivity contribution in [1.82, 2.24) is 0 Å². The lowest BCUT2D eigenvalue weighted by atomic mass is 10.1. The highest BCUT2D eigenvalue weighted by Gasteiger charge is 2.22. The number of hydrogen-bond donors (Lipinski definition) is 1. The Morgan fingerprint density at radius 1 is 0.857 bits per heavy atom. The molecule has 0 aromatic heterocycles. The fraction of sp³-hybridized carbons (Fsp3) is 1.00. The molecule has 2 saturated carbocycles. The molecule has 0 amide bonds. The third kappa shape index (κ3) is 15.9. The van der Waals surface area contributed by atoms with Gasteiger partial charge in [-0.15, -0.1) is 0 Å². The second-order valence-corrected chi connectivity index (χ2v) is 10.8. The first kappa shape index (κ1) is 30.3. The Balaban J connectivity index is 0. The van der Waals surface area contributed by atoms with Crippen molar-refractivity contribution in [3.8, 4) is 0 Å². The van der Waals surface area contributed by atoms with E-state index in [1.807, 2.05) is 27.7 Å². The van der Waals surface area contributed by atoms with Crippen LogP contribution in [-0.4, -0.2) is 39.4 Å². The molecule has 0 aromatic carbocycles. The first-order valence-corrected chi connectivity index (χ1v) is 14.3. The van der Waals surface area contributed by atoms with Gasteiger partial charge in [-0.3, -0.25) is 8.75 Å². The van der Waals surface area contributed by atoms with Crippen molar-refractivity contribution in [2.45, 2.75) is 91.9 Å². The van der Waals surface area contributed by atoms with Gasteiger partial charge in [0.2, 0.25) is 0 Å². The van der Waals surface area contributed by atoms with Gasteiger partial charge in [0.1, 0.15) is 0 Å². The van der Waals surface area contributed by atoms with Gasteiger partial charge < -0.3 is 9.42 Å². The molecule has 2 fully saturated rings. The van der Waals surface area contributed by atoms with Crippen molar-refractivity contribution < 1.29 is 26.6 Å². The summed E-state index contributed by atoms with van der Waals surface area (Å²) >= 11 is 0. The Hall–Kier alpha value is 0.0600. The lowest BCUT2D eigenvalue weighted by Crippen LogP contribution is -2.10. The molecule has 1 atom stereocenters. The van der Waals surface area contributed by atoms with Crippen LogP contribution in [0, 0.1) is 11.8 Å². The molecule has 0 aromatic rings. The fourth-order valence-electron chi connectivity index (χ4n) is 3.43. The predicted molar refractivity (Wildman–Crippen MR) is 118 cm³/mol. The van der Waals surface area contributed by atoms with Gasteiger partial charge in [-0.2, -0.15) is 8.42 Å². The lowest BCUT2D eigenvalue weighted by molar-refractivity contribution is 0.311. The van der Waals surface area contributed by atoms with Crippen molar-refractivity contribution in [2.75, 3.05) is 26.1 Å². The van der Waals surface area contributed by atoms with Gasteiger partial charge in [0.05, 0.1) is 19.0 Å². The van der Waals surface area contributed by atoms with Crippen LogP contribution in [0.1, 0.15) is 91.9 Å². The van der Waals surface area contributed by atoms with Gasteiger partial charge >= 0.3 is 7.60 Å². The first-order chi connectivity index (χ1) is 13.3. The highest BCUT2D eigenvalue weighted by atomic mass is 32.2. The molecule has 6 nitrogen and oxygen atoms in total. The van der Waals surface area contributed by atoms with Crippen molar-refractivity contribution in [2.24, 2.45) is 11.8 Å². The molecule has 1 unspecified atom stereocenters. The predicted octanol–water partition coefficient (Wildman–Crippen LogP) is 5.99. The summed E-state index contributed by atoms with van der Waals surface area (Å²) in [7, 11) is -3.91. The van der Waals surface area contributed by atoms with E-state index in [1.165, 1.54) is 65.6 Å². The van der Waals surface area contributed by atoms with Gasteiger partial charge in [-0.25, -0.2) is 0 Å². The molecule has 1 N–H and O–H groups in total. The standard InChI is InChI=1S/C8H17O3P.C8H16O3S.2C2H6/c2*1-11-12(9,10)7-6-8-4-2-3-5-8;2*1-2/h8H,2-7H2,1H3,(H,9,10);8H,2-7H2,1H3;2*1-2H3. The van der Waals surface area contributed by atoms with E-state index < -0.39 is 17.7 Å². The van der Waals surface area contributed by atoms with E-state index in [9.17, 15) is 13.0 Å². The van der Waals surface area contributed by atoms with E-state index in [2.05, 4.69) is 8.71 Å². The molecule has 0 aliphatic heterocycles. The van der Waals surface area contributed by atoms with Gasteiger partial charge in [0, 0.05) is 7.11 Å². The average molecular weight is 445 g/mol. The largest absolute Gasteiger partial charge is 0.327 e. The number of rotatable bonds is 8. The molecule has 2 aliphatic rings. The third-order valence-corrected chi connectivity index (χ3v) is 7.72. The van der Waals surface area contributed by atoms with Gasteiger partial charge in [-0.1, -0.05) is 79.1 Å². The molecule has 0 saturated heterocycles. The molecule has 0 bridgehead atoms. The van der Waals surface area contributed by atoms with Crippen molar-refractivity contribution >= 4 is 17.7 Å². The number of hydrogen-bond acceptors (Lipinski definition) is 5. The first-order valence-electron chi connectivity index (χ1n) is 10.9. The Morgan fingerprint density at radius 3 is 1.61 bits per heavy atom. The molecule has 0 radical (unpaired) electrons. The van der Waals surface area contributed by atoms with Crippen molar-refractivity contribution in [3.05, 3.63) is 0 Å². The van der Waals surface area contributed by atoms with E-state index in [1.54, 1.807) is 0 Å². The molecule has 2 rings (SSSR count). The summed E-state index contributed by atoms with van der Waals surface area (Å²) in [5, 5.41) is 0. The van der Waals surface area contributed by atoms with Crippen LogP contribution in [0.4, 0.5) is 0 Å². The van der Waals surface area contributed by atoms with E-state index in [-0.39, 0.29) is 5.75 Å². The summed E-state index contributed by atoms with van der Waals surface area (Å²) in [5.41, 5.74) is 0. The van der Waals surface area contributed by atoms with Gasteiger partial charge in [0.15, 0.2) is 0 Å². The van der Waals surface area contributed by atoms with E-state index in [0.29, 0.717) is 18.0 Å². The molecular formula is C20H45O6PS. The fourth-order valence-corrected chi connectivity index (χ4v) is 5.09. The summed E-state index contributed by atoms with van der Waals surface area (Å²) in [6.45, 7) is 8.00. The Morgan fingerprint density at radius 2 is 1.25 bits per heavy atom. The highest BCUT2D eigenvalue weighted by molar-refractivity contribution is 7.86. The van der Waals surface area contributed by atoms with Gasteiger partial charge in [0.25, 0.3) is 10.1 Å². The SMILES string of the molecule is CC.CC.COP(=O)(O)CCC1CCCC1.COS(=O)(=O)CCC1CCCC1. The molecule has 2 aliphatic carbocycles. The Kier molecular flexibility index (Phi) is 19.3. The Bertz CT molecular complexity index is 483. The smallest absolute Gasteiger partial charge is 0.324 e. The zero-order chi connectivity index (χ0) is 22.1. The van der Waals surface area contributed by atoms with E-state index in [0.717, 1.165) is 12.8 Å². The van der Waals surface area contributed by atoms with Crippen molar-refractivity contribution in [3.63, 3.8) is 0 Å². The molecule has 0 heterocycles. The molecular weight excluding hydrogens is 399 g/mol. The summed E-state index contributed by atoms with van der Waals surface area (Å²) in [6, 6.07) is 0. The van der Waals surface area contributed by atoms with Crippen LogP contribution in [0.15, 0.2) is 0 Å². The highest BCUT2D eigenvalue weighted by Crippen LogP contribution is 2.43. The van der Waals surface area contributed by atoms with E-state index in [4.69, 9.17) is 4.89 Å². The second kappa shape index (κ2) is 17.9. The third-order valence-electron chi connectivity index (χ3n) is 5.08. The van der Waals surface area contributed by atoms with Crippen LogP contribution >= 0.6 is 7.60 Å². The van der Waals surface area contributed by atoms with Crippen LogP contribution in [-0.2, 0) is 23.4 Å². The minimum atomic E-state index is -3.23. The maximum atomic E-state index is 11.1. The minimum absolute atomic E-state index is 0.189. The minimum Gasteiger partial charge on any atom is -0.324 e. The topological polar surface area (TPSA) is 89.9 Å². The molecule has 8 heteroatoms. The van der Waals surface area contributed by atoms with Crippen molar-refractivity contribution in [1.29, 1.82) is 0 Å². The second-order valence-electron chi connectivity index (χ2n) is 6.85. The summed E-state index contributed by atoms with van der Waals surface area (Å²) in [4.78, 5) is 9.12. The van der Waals surface area contributed by atoms with E-state index >= 15 is 0 Å². The van der Waals surface area contributed by atoms with Crippen LogP contribution in [0.3, 0.4) is 0 Å². The monoisotopic (exact) mass is 444 g/mol. The zero-order valence-electron chi connectivity index (χ0n) is 19.0. The normalized spacial score (nSPS) is 19.4. The van der Waals surface area contributed by atoms with Crippen LogP contribution in [0.5, 0.6) is 0 Å². The summed E-state index contributed by atoms with van der Waals surface area (Å²) < 4.78 is 41.8. The summed E-state index contributed by atoms with van der Waals surface area (Å²) in [5.74, 6) is 1.48. The van der Waals surface area contributed by atoms with Crippen LogP contribution < -0.4 is 0 Å². The van der Waals surface area contributed by atoms with Gasteiger partial charge in [-0.05, 0) is 24.7 Å². The van der Waals surface area contributed by atoms with Crippen LogP contribution in [0.2, 0.25) is 0 Å². The molecule has 172 valence electrons. The Labute approximate surface area is 174 Å². The quantitative estimate of drug-likeness (QED) is 0.365. The maximum Gasteiger partial charge on any atom is 0.327 e. The summed E-state index contributed by atoms with van der Waals surface area (Å²) in [6.07, 6.45) is 11.9. The maximum absolute atomic E-state index is 11.1. The lowest BCUT2D eigenvalue weighted by Gasteiger charge is -2.11. The average Bonchev–Trinajstić information content (AvgIpc) is 3.43. The molecule has 28 heavy (non-hydrogen) atoms. The van der Waals surface area contributed by atoms with Crippen LogP contribution in [0.25, 0.3) is 0 Å². The zero-order valence-corrected chi connectivity index (χ0v) is 20.7.